The van der Waals surface area contributed by atoms with Gasteiger partial charge in [0, 0.05) is 18.8 Å². The second kappa shape index (κ2) is 5.80. The molecule has 0 aliphatic carbocycles. The molecule has 1 aromatic carbocycles. The summed E-state index contributed by atoms with van der Waals surface area (Å²) in [5.74, 6) is -2.42. The maximum Gasteiger partial charge on any atom is 0.313 e. The molecule has 1 N–H and O–H groups in total. The van der Waals surface area contributed by atoms with Gasteiger partial charge in [0.1, 0.15) is 5.82 Å². The van der Waals surface area contributed by atoms with Gasteiger partial charge in [0.25, 0.3) is 0 Å². The van der Waals surface area contributed by atoms with Gasteiger partial charge in [-0.15, -0.1) is 0 Å². The third-order valence-corrected chi connectivity index (χ3v) is 5.10. The molecule has 1 saturated heterocycles. The topological polar surface area (TPSA) is 83.6 Å². The molecule has 1 fully saturated rings. The largest absolute Gasteiger partial charge is 0.333 e. The van der Waals surface area contributed by atoms with E-state index in [0.29, 0.717) is 6.42 Å². The van der Waals surface area contributed by atoms with Gasteiger partial charge < -0.3 is 10.2 Å². The van der Waals surface area contributed by atoms with E-state index >= 15 is 0 Å². The van der Waals surface area contributed by atoms with Crippen molar-refractivity contribution in [3.63, 3.8) is 0 Å². The van der Waals surface area contributed by atoms with E-state index in [-0.39, 0.29) is 17.2 Å². The molecule has 6 nitrogen and oxygen atoms in total. The lowest BCUT2D eigenvalue weighted by Gasteiger charge is -2.22. The summed E-state index contributed by atoms with van der Waals surface area (Å²) in [7, 11) is -1.75. The number of sulfone groups is 1. The van der Waals surface area contributed by atoms with Gasteiger partial charge in [-0.05, 0) is 24.6 Å². The number of nitrogens with one attached hydrogen (secondary N) is 1. The third kappa shape index (κ3) is 3.78. The predicted octanol–water partition coefficient (Wildman–Crippen LogP) is 0.410. The van der Waals surface area contributed by atoms with E-state index in [1.165, 1.54) is 25.2 Å². The van der Waals surface area contributed by atoms with Crippen LogP contribution in [0.3, 0.4) is 0 Å². The fourth-order valence-corrected chi connectivity index (χ4v) is 3.93. The number of carbonyl (C=O) groups excluding carboxylic acids is 2. The van der Waals surface area contributed by atoms with Crippen LogP contribution in [0.5, 0.6) is 0 Å². The quantitative estimate of drug-likeness (QED) is 0.802. The Hall–Kier alpha value is -1.96. The lowest BCUT2D eigenvalue weighted by molar-refractivity contribution is -0.143. The van der Waals surface area contributed by atoms with E-state index in [0.717, 1.165) is 11.0 Å². The van der Waals surface area contributed by atoms with Crippen LogP contribution in [0, 0.1) is 5.82 Å². The Bertz CT molecular complexity index is 675. The molecule has 1 aliphatic rings. The van der Waals surface area contributed by atoms with E-state index in [9.17, 15) is 22.4 Å². The molecule has 0 radical (unpaired) electrons. The number of rotatable bonds is 2. The maximum atomic E-state index is 13.0. The number of benzene rings is 1. The van der Waals surface area contributed by atoms with Crippen molar-refractivity contribution in [2.45, 2.75) is 12.5 Å². The van der Waals surface area contributed by atoms with E-state index in [1.807, 2.05) is 0 Å². The highest BCUT2D eigenvalue weighted by atomic mass is 32.2. The van der Waals surface area contributed by atoms with Gasteiger partial charge in [0.05, 0.1) is 11.5 Å². The van der Waals surface area contributed by atoms with Gasteiger partial charge >= 0.3 is 11.8 Å². The normalized spacial score (nSPS) is 20.0. The first-order valence-electron chi connectivity index (χ1n) is 6.32. The molecule has 1 aliphatic heterocycles. The Kier molecular flexibility index (Phi) is 4.26. The fourth-order valence-electron chi connectivity index (χ4n) is 2.16. The van der Waals surface area contributed by atoms with Crippen molar-refractivity contribution in [3.05, 3.63) is 30.1 Å². The van der Waals surface area contributed by atoms with E-state index < -0.39 is 33.5 Å². The molecule has 21 heavy (non-hydrogen) atoms. The molecule has 2 rings (SSSR count). The van der Waals surface area contributed by atoms with Crippen LogP contribution in [-0.4, -0.2) is 49.7 Å². The number of hydrogen-bond donors (Lipinski definition) is 1. The molecule has 1 unspecified atom stereocenters. The highest BCUT2D eigenvalue weighted by molar-refractivity contribution is 7.91. The number of likely N-dealkylation sites (N-methyl/N-ethyl adjacent to an activating group) is 1. The first-order valence-corrected chi connectivity index (χ1v) is 8.15. The van der Waals surface area contributed by atoms with Crippen LogP contribution in [0.4, 0.5) is 10.1 Å². The zero-order valence-corrected chi connectivity index (χ0v) is 12.2. The van der Waals surface area contributed by atoms with E-state index in [2.05, 4.69) is 5.32 Å². The third-order valence-electron chi connectivity index (χ3n) is 3.35. The van der Waals surface area contributed by atoms with Crippen LogP contribution < -0.4 is 5.32 Å². The highest BCUT2D eigenvalue weighted by Crippen LogP contribution is 2.17. The SMILES string of the molecule is CN(C(=O)C(=O)Nc1cccc(F)c1)C1CCS(=O)(=O)C1. The van der Waals surface area contributed by atoms with Crippen molar-refractivity contribution in [1.29, 1.82) is 0 Å². The number of carbonyl (C=O) groups is 2. The Morgan fingerprint density at radius 3 is 2.67 bits per heavy atom. The van der Waals surface area contributed by atoms with Crippen LogP contribution in [0.25, 0.3) is 0 Å². The molecule has 0 aromatic heterocycles. The lowest BCUT2D eigenvalue weighted by Crippen LogP contribution is -2.43. The van der Waals surface area contributed by atoms with Gasteiger partial charge in [-0.1, -0.05) is 6.07 Å². The Balaban J connectivity index is 2.01. The van der Waals surface area contributed by atoms with Crippen LogP contribution in [0.1, 0.15) is 6.42 Å². The van der Waals surface area contributed by atoms with Crippen molar-refractivity contribution < 1.29 is 22.4 Å². The van der Waals surface area contributed by atoms with Crippen molar-refractivity contribution in [1.82, 2.24) is 4.90 Å². The van der Waals surface area contributed by atoms with Gasteiger partial charge in [-0.2, -0.15) is 0 Å². The summed E-state index contributed by atoms with van der Waals surface area (Å²) in [5, 5.41) is 2.29. The summed E-state index contributed by atoms with van der Waals surface area (Å²) in [5.41, 5.74) is 0.167. The summed E-state index contributed by atoms with van der Waals surface area (Å²) in [6.07, 6.45) is 0.317. The first-order chi connectivity index (χ1) is 9.78. The van der Waals surface area contributed by atoms with E-state index in [1.54, 1.807) is 0 Å². The summed E-state index contributed by atoms with van der Waals surface area (Å²) in [6, 6.07) is 4.66. The van der Waals surface area contributed by atoms with E-state index in [4.69, 9.17) is 0 Å². The second-order valence-corrected chi connectivity index (χ2v) is 7.17. The standard InChI is InChI=1S/C13H15FN2O4S/c1-16(11-5-6-21(19,20)8-11)13(18)12(17)15-10-4-2-3-9(14)7-10/h2-4,7,11H,5-6,8H2,1H3,(H,15,17). The van der Waals surface area contributed by atoms with Gasteiger partial charge in [0.15, 0.2) is 9.84 Å². The van der Waals surface area contributed by atoms with Crippen LogP contribution in [-0.2, 0) is 19.4 Å². The summed E-state index contributed by atoms with van der Waals surface area (Å²) < 4.78 is 35.8. The number of nitrogens with zero attached hydrogens (tertiary/aromatic N) is 1. The fraction of sp³-hybridized carbons (Fsp3) is 0.385. The zero-order valence-electron chi connectivity index (χ0n) is 11.4. The minimum Gasteiger partial charge on any atom is -0.333 e. The molecular formula is C13H15FN2O4S. The number of anilines is 1. The molecule has 114 valence electrons. The van der Waals surface area contributed by atoms with Crippen LogP contribution in [0.15, 0.2) is 24.3 Å². The smallest absolute Gasteiger partial charge is 0.313 e. The zero-order chi connectivity index (χ0) is 15.6. The van der Waals surface area contributed by atoms with Gasteiger partial charge in [-0.3, -0.25) is 9.59 Å². The van der Waals surface area contributed by atoms with Crippen molar-refractivity contribution in [2.24, 2.45) is 0 Å². The Labute approximate surface area is 121 Å². The highest BCUT2D eigenvalue weighted by Gasteiger charge is 2.34. The van der Waals surface area contributed by atoms with Crippen molar-refractivity contribution in [3.8, 4) is 0 Å². The minimum absolute atomic E-state index is 0.0147. The molecule has 0 saturated carbocycles. The number of hydrogen-bond acceptors (Lipinski definition) is 4. The Morgan fingerprint density at radius 2 is 2.10 bits per heavy atom. The maximum absolute atomic E-state index is 13.0. The summed E-state index contributed by atoms with van der Waals surface area (Å²) in [4.78, 5) is 24.9. The Morgan fingerprint density at radius 1 is 1.38 bits per heavy atom. The predicted molar refractivity (Wildman–Crippen MR) is 74.9 cm³/mol. The van der Waals surface area contributed by atoms with Gasteiger partial charge in [-0.25, -0.2) is 12.8 Å². The van der Waals surface area contributed by atoms with Crippen molar-refractivity contribution in [2.75, 3.05) is 23.9 Å². The molecule has 0 spiro atoms. The molecule has 1 atom stereocenters. The summed E-state index contributed by atoms with van der Waals surface area (Å²) >= 11 is 0. The molecule has 1 heterocycles. The molecule has 2 amide bonds. The first kappa shape index (κ1) is 15.4. The second-order valence-electron chi connectivity index (χ2n) is 4.94. The number of halogens is 1. The number of amides is 2. The molecule has 1 aromatic rings. The molecular weight excluding hydrogens is 299 g/mol. The van der Waals surface area contributed by atoms with Gasteiger partial charge in [0.2, 0.25) is 0 Å². The van der Waals surface area contributed by atoms with Crippen LogP contribution >= 0.6 is 0 Å². The molecule has 0 bridgehead atoms. The van der Waals surface area contributed by atoms with Crippen LogP contribution in [0.2, 0.25) is 0 Å². The lowest BCUT2D eigenvalue weighted by atomic mass is 10.2. The molecule has 8 heteroatoms. The summed E-state index contributed by atoms with van der Waals surface area (Å²) in [6.45, 7) is 0. The average Bonchev–Trinajstić information content (AvgIpc) is 2.77. The minimum atomic E-state index is -3.14. The van der Waals surface area contributed by atoms with Crippen molar-refractivity contribution >= 4 is 27.3 Å². The monoisotopic (exact) mass is 314 g/mol. The average molecular weight is 314 g/mol.